The molecule has 4 rings (SSSR count). The quantitative estimate of drug-likeness (QED) is 0.109. The van der Waals surface area contributed by atoms with Gasteiger partial charge in [0.1, 0.15) is 48.4 Å². The van der Waals surface area contributed by atoms with Crippen molar-refractivity contribution >= 4 is 43.6 Å². The predicted octanol–water partition coefficient (Wildman–Crippen LogP) is 5.69. The Morgan fingerprint density at radius 2 is 1.73 bits per heavy atom. The molecule has 0 unspecified atom stereocenters. The van der Waals surface area contributed by atoms with Crippen molar-refractivity contribution < 1.29 is 42.6 Å². The van der Waals surface area contributed by atoms with Crippen LogP contribution < -0.4 is 10.6 Å². The zero-order valence-corrected chi connectivity index (χ0v) is 34.4. The first kappa shape index (κ1) is 42.9. The second kappa shape index (κ2) is 17.7. The molecule has 3 heterocycles. The number of nitriles is 1. The van der Waals surface area contributed by atoms with E-state index in [0.29, 0.717) is 18.4 Å². The summed E-state index contributed by atoms with van der Waals surface area (Å²) in [6.45, 7) is 17.8. The fraction of sp³-hybridized carbons (Fsp3) is 0.564. The molecule has 3 aromatic rings. The molecule has 0 radical (unpaired) electrons. The number of amides is 2. The molecule has 0 spiro atoms. The number of nitrogens with one attached hydrogen (secondary N) is 2. The van der Waals surface area contributed by atoms with Crippen LogP contribution in [0.2, 0.25) is 19.6 Å². The second-order valence-corrected chi connectivity index (χ2v) is 20.4. The zero-order valence-electron chi connectivity index (χ0n) is 33.4. The minimum atomic E-state index is -2.60. The number of benzene rings is 1. The molecule has 2 aromatic heterocycles. The number of aromatic nitrogens is 3. The van der Waals surface area contributed by atoms with Crippen molar-refractivity contribution in [1.82, 2.24) is 19.9 Å². The zero-order chi connectivity index (χ0) is 40.7. The molecule has 0 bridgehead atoms. The van der Waals surface area contributed by atoms with Gasteiger partial charge in [-0.2, -0.15) is 10.4 Å². The van der Waals surface area contributed by atoms with Crippen LogP contribution in [0.15, 0.2) is 48.8 Å². The smallest absolute Gasteiger partial charge is 0.408 e. The van der Waals surface area contributed by atoms with Gasteiger partial charge in [-0.1, -0.05) is 58.0 Å². The van der Waals surface area contributed by atoms with Gasteiger partial charge in [0.25, 0.3) is 0 Å². The summed E-state index contributed by atoms with van der Waals surface area (Å²) in [4.78, 5) is 57.4. The first-order valence-corrected chi connectivity index (χ1v) is 22.0. The van der Waals surface area contributed by atoms with Gasteiger partial charge in [0.15, 0.2) is 20.2 Å². The Hall–Kier alpha value is -4.85. The number of hydrogen-bond donors (Lipinski definition) is 2. The largest absolute Gasteiger partial charge is 0.463 e. The fourth-order valence-corrected chi connectivity index (χ4v) is 7.33. The minimum Gasteiger partial charge on any atom is -0.463 e. The van der Waals surface area contributed by atoms with Crippen LogP contribution >= 0.6 is 0 Å². The highest BCUT2D eigenvalue weighted by atomic mass is 28.4. The summed E-state index contributed by atoms with van der Waals surface area (Å²) in [5.74, 6) is -2.05. The molecule has 1 saturated heterocycles. The average molecular weight is 779 g/mol. The van der Waals surface area contributed by atoms with Crippen LogP contribution in [0.5, 0.6) is 0 Å². The molecular formula is C39H54N6O9Si. The molecule has 1 aliphatic heterocycles. The number of alkyl carbamates (subject to hydrolysis) is 1. The monoisotopic (exact) mass is 778 g/mol. The van der Waals surface area contributed by atoms with E-state index in [1.807, 2.05) is 51.7 Å². The van der Waals surface area contributed by atoms with Crippen molar-refractivity contribution in [2.45, 2.75) is 123 Å². The van der Waals surface area contributed by atoms with Gasteiger partial charge in [-0.05, 0) is 76.9 Å². The van der Waals surface area contributed by atoms with Crippen molar-refractivity contribution in [2.24, 2.45) is 11.8 Å². The van der Waals surface area contributed by atoms with Crippen LogP contribution in [0.1, 0.15) is 72.6 Å². The van der Waals surface area contributed by atoms with Crippen LogP contribution in [0.3, 0.4) is 0 Å². The molecular weight excluding hydrogens is 725 g/mol. The highest BCUT2D eigenvalue weighted by Crippen LogP contribution is 2.45. The lowest BCUT2D eigenvalue weighted by Crippen LogP contribution is -2.53. The molecule has 1 aliphatic rings. The number of rotatable bonds is 15. The molecule has 2 N–H and O–H groups in total. The highest BCUT2D eigenvalue weighted by molar-refractivity contribution is 6.69. The van der Waals surface area contributed by atoms with Crippen LogP contribution in [-0.2, 0) is 49.8 Å². The molecule has 0 saturated carbocycles. The number of carbonyl (C=O) groups excluding carboxylic acids is 4. The Morgan fingerprint density at radius 3 is 2.31 bits per heavy atom. The number of ether oxygens (including phenoxy) is 4. The van der Waals surface area contributed by atoms with Gasteiger partial charge in [-0.3, -0.25) is 9.59 Å². The maximum Gasteiger partial charge on any atom is 0.408 e. The summed E-state index contributed by atoms with van der Waals surface area (Å²) in [5.41, 5.74) is -1.49. The van der Waals surface area contributed by atoms with Crippen molar-refractivity contribution in [3.63, 3.8) is 0 Å². The standard InChI is InChI=1S/C39H54N6O9Si/c1-11-26(12-2)35(47)44-34-27-18-19-29(45(27)42-23-41-34)39(22-40)33(54-55(8,9)10)32(28(52-39)21-50-30(46)20-25-16-14-13-15-17-25)51-36(48)31(24(3)4)43-37(49)53-38(5,6)7/h13-19,23-24,26,28,31-33H,11-12,20-21H2,1-10H3,(H,43,49)(H,41,42,44,47)/t28-,31+,32-,33-,39+/m1/s1. The van der Waals surface area contributed by atoms with E-state index in [1.54, 1.807) is 58.9 Å². The number of nitrogens with zero attached hydrogens (tertiary/aromatic N) is 4. The van der Waals surface area contributed by atoms with Gasteiger partial charge in [0, 0.05) is 5.92 Å². The molecule has 0 aliphatic carbocycles. The van der Waals surface area contributed by atoms with Gasteiger partial charge in [-0.25, -0.2) is 19.1 Å². The fourth-order valence-electron chi connectivity index (χ4n) is 6.27. The van der Waals surface area contributed by atoms with Crippen LogP contribution in [0, 0.1) is 23.2 Å². The van der Waals surface area contributed by atoms with Crippen LogP contribution in [-0.4, -0.2) is 83.4 Å². The minimum absolute atomic E-state index is 0.0306. The van der Waals surface area contributed by atoms with E-state index in [2.05, 4.69) is 26.8 Å². The summed E-state index contributed by atoms with van der Waals surface area (Å²) >= 11 is 0. The normalized spacial score (nSPS) is 20.5. The summed E-state index contributed by atoms with van der Waals surface area (Å²) in [6.07, 6.45) is -2.10. The van der Waals surface area contributed by atoms with E-state index in [9.17, 15) is 24.4 Å². The summed E-state index contributed by atoms with van der Waals surface area (Å²) in [5, 5.41) is 21.1. The lowest BCUT2D eigenvalue weighted by molar-refractivity contribution is -0.162. The number of anilines is 1. The first-order chi connectivity index (χ1) is 25.8. The molecule has 2 amide bonds. The third kappa shape index (κ3) is 10.7. The van der Waals surface area contributed by atoms with E-state index in [0.717, 1.165) is 5.56 Å². The Balaban J connectivity index is 1.79. The van der Waals surface area contributed by atoms with Gasteiger partial charge in [-0.15, -0.1) is 0 Å². The number of hydrogen-bond acceptors (Lipinski definition) is 12. The predicted molar refractivity (Wildman–Crippen MR) is 205 cm³/mol. The molecule has 55 heavy (non-hydrogen) atoms. The molecule has 15 nitrogen and oxygen atoms in total. The molecule has 1 fully saturated rings. The Bertz CT molecular complexity index is 1860. The Kier molecular flexibility index (Phi) is 13.8. The SMILES string of the molecule is CCC(CC)C(=O)Nc1ncnn2c([C@]3(C#N)O[C@H](COC(=O)Cc4ccccc4)[C@@H](OC(=O)[C@@H](NC(=O)OC(C)(C)C)C(C)C)[C@H]3O[Si](C)(C)C)ccc12. The van der Waals surface area contributed by atoms with Crippen molar-refractivity contribution in [1.29, 1.82) is 5.26 Å². The summed E-state index contributed by atoms with van der Waals surface area (Å²) < 4.78 is 32.1. The van der Waals surface area contributed by atoms with Gasteiger partial charge in [0.05, 0.1) is 12.1 Å². The van der Waals surface area contributed by atoms with Gasteiger partial charge in [0.2, 0.25) is 11.5 Å². The van der Waals surface area contributed by atoms with Gasteiger partial charge < -0.3 is 34.0 Å². The third-order valence-electron chi connectivity index (χ3n) is 8.92. The van der Waals surface area contributed by atoms with Crippen molar-refractivity contribution in [2.75, 3.05) is 11.9 Å². The lowest BCUT2D eigenvalue weighted by atomic mass is 9.92. The maximum absolute atomic E-state index is 14.1. The van der Waals surface area contributed by atoms with E-state index in [4.69, 9.17) is 23.4 Å². The first-order valence-electron chi connectivity index (χ1n) is 18.6. The topological polar surface area (TPSA) is 192 Å². The van der Waals surface area contributed by atoms with E-state index in [-0.39, 0.29) is 29.8 Å². The summed E-state index contributed by atoms with van der Waals surface area (Å²) in [7, 11) is -2.60. The second-order valence-electron chi connectivity index (χ2n) is 15.9. The lowest BCUT2D eigenvalue weighted by Gasteiger charge is -2.34. The van der Waals surface area contributed by atoms with Gasteiger partial charge >= 0.3 is 18.0 Å². The number of esters is 2. The van der Waals surface area contributed by atoms with E-state index < -0.39 is 74.4 Å². The third-order valence-corrected chi connectivity index (χ3v) is 9.89. The molecule has 1 aromatic carbocycles. The maximum atomic E-state index is 14.1. The number of carbonyl (C=O) groups is 4. The van der Waals surface area contributed by atoms with Crippen molar-refractivity contribution in [3.05, 3.63) is 60.0 Å². The molecule has 5 atom stereocenters. The Labute approximate surface area is 323 Å². The Morgan fingerprint density at radius 1 is 1.05 bits per heavy atom. The van der Waals surface area contributed by atoms with Crippen molar-refractivity contribution in [3.8, 4) is 6.07 Å². The molecule has 298 valence electrons. The van der Waals surface area contributed by atoms with E-state index >= 15 is 0 Å². The van der Waals surface area contributed by atoms with Crippen LogP contribution in [0.4, 0.5) is 10.6 Å². The highest BCUT2D eigenvalue weighted by Gasteiger charge is 2.62. The summed E-state index contributed by atoms with van der Waals surface area (Å²) in [6, 6.07) is 13.4. The number of fused-ring (bicyclic) bond motifs is 1. The van der Waals surface area contributed by atoms with Crippen LogP contribution in [0.25, 0.3) is 5.52 Å². The average Bonchev–Trinajstić information content (AvgIpc) is 3.66. The molecule has 16 heteroatoms. The van der Waals surface area contributed by atoms with E-state index in [1.165, 1.54) is 10.8 Å².